The second-order valence-electron chi connectivity index (χ2n) is 3.18. The van der Waals surface area contributed by atoms with E-state index in [4.69, 9.17) is 4.74 Å². The van der Waals surface area contributed by atoms with Crippen molar-refractivity contribution in [1.29, 1.82) is 0 Å². The third kappa shape index (κ3) is 3.90. The molecule has 0 bridgehead atoms. The van der Waals surface area contributed by atoms with Crippen molar-refractivity contribution in [3.63, 3.8) is 0 Å². The second-order valence-corrected chi connectivity index (χ2v) is 3.18. The molecule has 16 heavy (non-hydrogen) atoms. The summed E-state index contributed by atoms with van der Waals surface area (Å²) < 4.78 is 6.80. The lowest BCUT2D eigenvalue weighted by Gasteiger charge is -2.05. The fraction of sp³-hybridized carbons (Fsp3) is 0.600. The van der Waals surface area contributed by atoms with Crippen molar-refractivity contribution in [3.05, 3.63) is 12.4 Å². The van der Waals surface area contributed by atoms with E-state index in [0.717, 1.165) is 24.7 Å². The molecule has 0 atom stereocenters. The van der Waals surface area contributed by atoms with Crippen LogP contribution in [-0.4, -0.2) is 43.0 Å². The van der Waals surface area contributed by atoms with Gasteiger partial charge in [-0.05, 0) is 6.92 Å². The van der Waals surface area contributed by atoms with Gasteiger partial charge in [0.05, 0.1) is 25.0 Å². The summed E-state index contributed by atoms with van der Waals surface area (Å²) in [5.74, 6) is 0.744. The first-order valence-corrected chi connectivity index (χ1v) is 5.30. The molecule has 0 aliphatic heterocycles. The average Bonchev–Trinajstić information content (AvgIpc) is 2.73. The van der Waals surface area contributed by atoms with Gasteiger partial charge in [-0.25, -0.2) is 0 Å². The molecule has 0 radical (unpaired) electrons. The van der Waals surface area contributed by atoms with Crippen molar-refractivity contribution in [2.75, 3.05) is 32.6 Å². The predicted octanol–water partition coefficient (Wildman–Crippen LogP) is 0.537. The number of hydrogen-bond donors (Lipinski definition) is 2. The topological polar surface area (TPSA) is 63.5 Å². The molecule has 0 fully saturated rings. The van der Waals surface area contributed by atoms with Crippen LogP contribution in [0.1, 0.15) is 6.92 Å². The van der Waals surface area contributed by atoms with Gasteiger partial charge in [-0.15, -0.1) is 0 Å². The fourth-order valence-corrected chi connectivity index (χ4v) is 1.21. The zero-order valence-corrected chi connectivity index (χ0v) is 10.0. The number of nitrogens with zero attached hydrogens (tertiary/aromatic N) is 3. The molecule has 1 rings (SSSR count). The van der Waals surface area contributed by atoms with E-state index < -0.39 is 0 Å². The van der Waals surface area contributed by atoms with E-state index in [1.807, 2.05) is 24.9 Å². The highest BCUT2D eigenvalue weighted by Crippen LogP contribution is 2.04. The maximum atomic E-state index is 4.98. The van der Waals surface area contributed by atoms with Crippen LogP contribution < -0.4 is 10.6 Å². The van der Waals surface area contributed by atoms with Gasteiger partial charge in [0.15, 0.2) is 5.96 Å². The van der Waals surface area contributed by atoms with Crippen molar-refractivity contribution in [1.82, 2.24) is 15.1 Å². The van der Waals surface area contributed by atoms with Crippen molar-refractivity contribution < 1.29 is 4.74 Å². The third-order valence-electron chi connectivity index (χ3n) is 1.97. The zero-order chi connectivity index (χ0) is 11.8. The highest BCUT2D eigenvalue weighted by Gasteiger charge is 2.00. The van der Waals surface area contributed by atoms with Gasteiger partial charge in [0.25, 0.3) is 0 Å². The van der Waals surface area contributed by atoms with Crippen LogP contribution in [0.2, 0.25) is 0 Å². The number of aliphatic imine (C=N–C) groups is 1. The Morgan fingerprint density at radius 1 is 1.62 bits per heavy atom. The quantitative estimate of drug-likeness (QED) is 0.567. The molecule has 0 saturated carbocycles. The Bertz CT molecular complexity index is 334. The van der Waals surface area contributed by atoms with Crippen LogP contribution in [0.4, 0.5) is 5.69 Å². The van der Waals surface area contributed by atoms with Gasteiger partial charge in [0.2, 0.25) is 0 Å². The van der Waals surface area contributed by atoms with Crippen LogP contribution in [0.25, 0.3) is 0 Å². The summed E-state index contributed by atoms with van der Waals surface area (Å²) in [6, 6.07) is 0. The lowest BCUT2D eigenvalue weighted by Crippen LogP contribution is -2.27. The van der Waals surface area contributed by atoms with Crippen LogP contribution in [-0.2, 0) is 11.3 Å². The third-order valence-corrected chi connectivity index (χ3v) is 1.97. The lowest BCUT2D eigenvalue weighted by molar-refractivity contribution is 0.183. The Hall–Kier alpha value is -1.56. The Balaban J connectivity index is 2.53. The van der Waals surface area contributed by atoms with Crippen molar-refractivity contribution in [2.45, 2.75) is 13.5 Å². The molecule has 0 aromatic carbocycles. The first-order valence-electron chi connectivity index (χ1n) is 5.30. The minimum absolute atomic E-state index is 0.656. The van der Waals surface area contributed by atoms with Gasteiger partial charge in [-0.1, -0.05) is 0 Å². The molecule has 0 aliphatic carbocycles. The van der Waals surface area contributed by atoms with Gasteiger partial charge < -0.3 is 15.4 Å². The van der Waals surface area contributed by atoms with Gasteiger partial charge >= 0.3 is 0 Å². The second kappa shape index (κ2) is 6.84. The maximum absolute atomic E-state index is 4.98. The highest BCUT2D eigenvalue weighted by atomic mass is 16.5. The fourth-order valence-electron chi connectivity index (χ4n) is 1.21. The summed E-state index contributed by atoms with van der Waals surface area (Å²) in [7, 11) is 3.51. The molecule has 0 saturated heterocycles. The van der Waals surface area contributed by atoms with E-state index in [-0.39, 0.29) is 0 Å². The molecule has 0 spiro atoms. The van der Waals surface area contributed by atoms with Gasteiger partial charge in [-0.2, -0.15) is 5.10 Å². The van der Waals surface area contributed by atoms with Gasteiger partial charge in [0.1, 0.15) is 0 Å². The number of rotatable bonds is 5. The molecule has 90 valence electrons. The molecule has 6 heteroatoms. The summed E-state index contributed by atoms with van der Waals surface area (Å²) >= 11 is 0. The average molecular weight is 225 g/mol. The molecule has 6 nitrogen and oxygen atoms in total. The molecule has 0 aliphatic rings. The van der Waals surface area contributed by atoms with Crippen LogP contribution in [0.3, 0.4) is 0 Å². The number of hydrogen-bond acceptors (Lipinski definition) is 3. The number of guanidine groups is 1. The van der Waals surface area contributed by atoms with Crippen LogP contribution >= 0.6 is 0 Å². The minimum Gasteiger partial charge on any atom is -0.383 e. The maximum Gasteiger partial charge on any atom is 0.195 e. The highest BCUT2D eigenvalue weighted by molar-refractivity contribution is 5.93. The van der Waals surface area contributed by atoms with Crippen molar-refractivity contribution in [3.8, 4) is 0 Å². The molecule has 1 heterocycles. The Labute approximate surface area is 95.7 Å². The summed E-state index contributed by atoms with van der Waals surface area (Å²) in [6.45, 7) is 4.13. The minimum atomic E-state index is 0.656. The van der Waals surface area contributed by atoms with E-state index in [0.29, 0.717) is 6.61 Å². The molecule has 2 N–H and O–H groups in total. The summed E-state index contributed by atoms with van der Waals surface area (Å²) in [5.41, 5.74) is 0.914. The number of methoxy groups -OCH3 is 1. The number of nitrogens with one attached hydrogen (secondary N) is 2. The Morgan fingerprint density at radius 2 is 2.44 bits per heavy atom. The predicted molar refractivity (Wildman–Crippen MR) is 64.8 cm³/mol. The number of ether oxygens (including phenoxy) is 1. The first-order chi connectivity index (χ1) is 7.80. The number of aromatic nitrogens is 2. The summed E-state index contributed by atoms with van der Waals surface area (Å²) in [6.07, 6.45) is 3.68. The molecular formula is C10H19N5O. The monoisotopic (exact) mass is 225 g/mol. The smallest absolute Gasteiger partial charge is 0.195 e. The van der Waals surface area contributed by atoms with E-state index in [2.05, 4.69) is 20.7 Å². The largest absolute Gasteiger partial charge is 0.383 e. The molecule has 0 amide bonds. The van der Waals surface area contributed by atoms with Gasteiger partial charge in [-0.3, -0.25) is 9.67 Å². The van der Waals surface area contributed by atoms with Crippen LogP contribution in [0, 0.1) is 0 Å². The first kappa shape index (κ1) is 12.5. The lowest BCUT2D eigenvalue weighted by atomic mass is 10.5. The van der Waals surface area contributed by atoms with Crippen molar-refractivity contribution in [2.24, 2.45) is 4.99 Å². The SMILES string of the molecule is CC/N=C(\NC)Nc1cnn(CCOC)c1. The molecule has 0 unspecified atom stereocenters. The standard InChI is InChI=1S/C10H19N5O/c1-4-12-10(11-2)14-9-7-13-15(8-9)5-6-16-3/h7-8H,4-6H2,1-3H3,(H2,11,12,14). The summed E-state index contributed by atoms with van der Waals surface area (Å²) in [4.78, 5) is 4.24. The van der Waals surface area contributed by atoms with Crippen molar-refractivity contribution >= 4 is 11.6 Å². The molecule has 1 aromatic heterocycles. The number of anilines is 1. The van der Waals surface area contributed by atoms with E-state index >= 15 is 0 Å². The van der Waals surface area contributed by atoms with E-state index in [1.165, 1.54) is 0 Å². The molecule has 1 aromatic rings. The Kier molecular flexibility index (Phi) is 5.35. The zero-order valence-electron chi connectivity index (χ0n) is 10.0. The van der Waals surface area contributed by atoms with Crippen LogP contribution in [0.15, 0.2) is 17.4 Å². The Morgan fingerprint density at radius 3 is 3.06 bits per heavy atom. The normalized spacial score (nSPS) is 11.6. The van der Waals surface area contributed by atoms with E-state index in [9.17, 15) is 0 Å². The summed E-state index contributed by atoms with van der Waals surface area (Å²) in [5, 5.41) is 10.3. The van der Waals surface area contributed by atoms with E-state index in [1.54, 1.807) is 13.3 Å². The van der Waals surface area contributed by atoms with Crippen LogP contribution in [0.5, 0.6) is 0 Å². The molecular weight excluding hydrogens is 206 g/mol. The van der Waals surface area contributed by atoms with Gasteiger partial charge in [0, 0.05) is 26.9 Å².